The highest BCUT2D eigenvalue weighted by Crippen LogP contribution is 2.36. The van der Waals surface area contributed by atoms with Crippen LogP contribution in [-0.4, -0.2) is 15.2 Å². The zero-order valence-corrected chi connectivity index (χ0v) is 11.9. The molecule has 0 bridgehead atoms. The number of pyridine rings is 1. The number of aromatic nitrogens is 3. The van der Waals surface area contributed by atoms with E-state index in [1.807, 2.05) is 6.07 Å². The summed E-state index contributed by atoms with van der Waals surface area (Å²) >= 11 is 3.17. The predicted octanol–water partition coefficient (Wildman–Crippen LogP) is 3.62. The number of anilines is 1. The van der Waals surface area contributed by atoms with Crippen molar-refractivity contribution in [2.45, 2.75) is 0 Å². The number of halogens is 2. The zero-order valence-electron chi connectivity index (χ0n) is 10.3. The van der Waals surface area contributed by atoms with Gasteiger partial charge in [0.05, 0.1) is 21.4 Å². The number of nitrogens with two attached hydrogens (primary N) is 1. The Balaban J connectivity index is 2.24. The van der Waals surface area contributed by atoms with Gasteiger partial charge in [0.1, 0.15) is 5.82 Å². The van der Waals surface area contributed by atoms with Gasteiger partial charge in [0.25, 0.3) is 0 Å². The largest absolute Gasteiger partial charge is 0.382 e. The van der Waals surface area contributed by atoms with Gasteiger partial charge < -0.3 is 5.73 Å². The fraction of sp³-hybridized carbons (Fsp3) is 0. The molecule has 0 aliphatic carbocycles. The molecule has 3 rings (SSSR count). The fourth-order valence-electron chi connectivity index (χ4n) is 2.02. The maximum Gasteiger partial charge on any atom is 0.155 e. The van der Waals surface area contributed by atoms with Crippen LogP contribution in [0, 0.1) is 5.82 Å². The summed E-state index contributed by atoms with van der Waals surface area (Å²) in [5.74, 6) is -0.0774. The van der Waals surface area contributed by atoms with Gasteiger partial charge in [-0.3, -0.25) is 10.1 Å². The molecule has 0 fully saturated rings. The molecule has 1 aromatic carbocycles. The molecule has 4 nitrogen and oxygen atoms in total. The van der Waals surface area contributed by atoms with Crippen molar-refractivity contribution in [3.63, 3.8) is 0 Å². The van der Waals surface area contributed by atoms with Crippen LogP contribution in [0.25, 0.3) is 22.5 Å². The van der Waals surface area contributed by atoms with Gasteiger partial charge in [-0.25, -0.2) is 4.39 Å². The van der Waals surface area contributed by atoms with Crippen molar-refractivity contribution in [2.75, 3.05) is 5.73 Å². The van der Waals surface area contributed by atoms with Crippen molar-refractivity contribution >= 4 is 21.7 Å². The summed E-state index contributed by atoms with van der Waals surface area (Å²) in [4.78, 5) is 4.25. The summed E-state index contributed by atoms with van der Waals surface area (Å²) < 4.78 is 14.6. The van der Waals surface area contributed by atoms with Gasteiger partial charge in [-0.2, -0.15) is 5.10 Å². The van der Waals surface area contributed by atoms with E-state index in [9.17, 15) is 4.39 Å². The van der Waals surface area contributed by atoms with Crippen molar-refractivity contribution in [1.82, 2.24) is 15.2 Å². The molecule has 0 spiro atoms. The van der Waals surface area contributed by atoms with Crippen LogP contribution in [0.1, 0.15) is 0 Å². The molecule has 6 heteroatoms. The fourth-order valence-corrected chi connectivity index (χ4v) is 2.38. The Morgan fingerprint density at radius 2 is 2.00 bits per heavy atom. The van der Waals surface area contributed by atoms with Gasteiger partial charge in [0.15, 0.2) is 5.82 Å². The van der Waals surface area contributed by atoms with Crippen LogP contribution in [0.5, 0.6) is 0 Å². The molecule has 0 unspecified atom stereocenters. The van der Waals surface area contributed by atoms with Crippen molar-refractivity contribution in [2.24, 2.45) is 0 Å². The Hall–Kier alpha value is -2.21. The minimum atomic E-state index is -0.367. The van der Waals surface area contributed by atoms with E-state index in [1.165, 1.54) is 0 Å². The lowest BCUT2D eigenvalue weighted by atomic mass is 10.0. The van der Waals surface area contributed by atoms with E-state index in [4.69, 9.17) is 5.73 Å². The first-order valence-electron chi connectivity index (χ1n) is 5.88. The van der Waals surface area contributed by atoms with Gasteiger partial charge >= 0.3 is 0 Å². The second-order valence-electron chi connectivity index (χ2n) is 4.18. The first kappa shape index (κ1) is 12.8. The Morgan fingerprint density at radius 3 is 2.75 bits per heavy atom. The number of nitrogen functional groups attached to an aromatic ring is 1. The van der Waals surface area contributed by atoms with E-state index in [1.54, 1.807) is 36.5 Å². The van der Waals surface area contributed by atoms with Crippen LogP contribution in [0.3, 0.4) is 0 Å². The van der Waals surface area contributed by atoms with Crippen molar-refractivity contribution in [3.05, 3.63) is 52.9 Å². The minimum absolute atomic E-state index is 0.290. The Kier molecular flexibility index (Phi) is 3.23. The highest BCUT2D eigenvalue weighted by Gasteiger charge is 2.19. The van der Waals surface area contributed by atoms with Gasteiger partial charge in [-0.15, -0.1) is 0 Å². The maximum atomic E-state index is 14.2. The van der Waals surface area contributed by atoms with Crippen molar-refractivity contribution in [1.29, 1.82) is 0 Å². The monoisotopic (exact) mass is 332 g/mol. The molecule has 2 aromatic heterocycles. The van der Waals surface area contributed by atoms with Crippen LogP contribution >= 0.6 is 15.9 Å². The van der Waals surface area contributed by atoms with E-state index in [2.05, 4.69) is 31.1 Å². The molecule has 20 heavy (non-hydrogen) atoms. The molecule has 0 saturated carbocycles. The van der Waals surface area contributed by atoms with Crippen LogP contribution in [0.15, 0.2) is 47.1 Å². The Labute approximate surface area is 123 Å². The summed E-state index contributed by atoms with van der Waals surface area (Å²) in [6.45, 7) is 0. The molecule has 0 radical (unpaired) electrons. The first-order valence-corrected chi connectivity index (χ1v) is 6.67. The molecule has 3 aromatic rings. The van der Waals surface area contributed by atoms with Gasteiger partial charge in [0.2, 0.25) is 0 Å². The third-order valence-corrected chi connectivity index (χ3v) is 3.55. The third-order valence-electron chi connectivity index (χ3n) is 2.94. The maximum absolute atomic E-state index is 14.2. The van der Waals surface area contributed by atoms with Crippen LogP contribution < -0.4 is 5.73 Å². The lowest BCUT2D eigenvalue weighted by molar-refractivity contribution is 0.624. The summed E-state index contributed by atoms with van der Waals surface area (Å²) in [6.07, 6.45) is 1.66. The van der Waals surface area contributed by atoms with Crippen LogP contribution in [-0.2, 0) is 0 Å². The second kappa shape index (κ2) is 5.05. The number of benzene rings is 1. The van der Waals surface area contributed by atoms with E-state index in [-0.39, 0.29) is 11.6 Å². The van der Waals surface area contributed by atoms with Gasteiger partial charge in [-0.1, -0.05) is 12.1 Å². The molecule has 100 valence electrons. The molecular formula is C14H10BrFN4. The topological polar surface area (TPSA) is 67.6 Å². The number of hydrogen-bond donors (Lipinski definition) is 2. The van der Waals surface area contributed by atoms with Crippen LogP contribution in [0.2, 0.25) is 0 Å². The third kappa shape index (κ3) is 2.08. The highest BCUT2D eigenvalue weighted by molar-refractivity contribution is 9.10. The standard InChI is InChI=1S/C14H10BrFN4/c15-9-5-3-4-8(12(9)16)13-11(14(17)20-19-13)10-6-1-2-7-18-10/h1-7H,(H3,17,19,20). The molecule has 0 amide bonds. The number of hydrogen-bond acceptors (Lipinski definition) is 3. The lowest BCUT2D eigenvalue weighted by Gasteiger charge is -2.06. The molecule has 0 atom stereocenters. The molecule has 0 saturated heterocycles. The SMILES string of the molecule is Nc1n[nH]c(-c2cccc(Br)c2F)c1-c1ccccn1. The number of H-pyrrole nitrogens is 1. The zero-order chi connectivity index (χ0) is 14.1. The smallest absolute Gasteiger partial charge is 0.155 e. The molecule has 2 heterocycles. The summed E-state index contributed by atoms with van der Waals surface area (Å²) in [5, 5.41) is 6.75. The number of nitrogens with one attached hydrogen (secondary N) is 1. The van der Waals surface area contributed by atoms with E-state index >= 15 is 0 Å². The summed E-state index contributed by atoms with van der Waals surface area (Å²) in [5.41, 5.74) is 8.04. The average molecular weight is 333 g/mol. The van der Waals surface area contributed by atoms with Crippen LogP contribution in [0.4, 0.5) is 10.2 Å². The van der Waals surface area contributed by atoms with Gasteiger partial charge in [0, 0.05) is 11.8 Å². The highest BCUT2D eigenvalue weighted by atomic mass is 79.9. The van der Waals surface area contributed by atoms with E-state index in [0.717, 1.165) is 0 Å². The molecule has 0 aliphatic heterocycles. The quantitative estimate of drug-likeness (QED) is 0.753. The number of rotatable bonds is 2. The minimum Gasteiger partial charge on any atom is -0.382 e. The lowest BCUT2D eigenvalue weighted by Crippen LogP contribution is -1.92. The Morgan fingerprint density at radius 1 is 1.15 bits per heavy atom. The number of nitrogens with zero attached hydrogens (tertiary/aromatic N) is 2. The van der Waals surface area contributed by atoms with Gasteiger partial charge in [-0.05, 0) is 40.2 Å². The molecule has 0 aliphatic rings. The van der Waals surface area contributed by atoms with Crippen molar-refractivity contribution in [3.8, 4) is 22.5 Å². The second-order valence-corrected chi connectivity index (χ2v) is 5.03. The molecular weight excluding hydrogens is 323 g/mol. The van der Waals surface area contributed by atoms with E-state index < -0.39 is 0 Å². The number of aromatic amines is 1. The summed E-state index contributed by atoms with van der Waals surface area (Å²) in [7, 11) is 0. The van der Waals surface area contributed by atoms with Crippen molar-refractivity contribution < 1.29 is 4.39 Å². The summed E-state index contributed by atoms with van der Waals surface area (Å²) in [6, 6.07) is 10.5. The average Bonchev–Trinajstić information content (AvgIpc) is 2.84. The molecule has 3 N–H and O–H groups in total. The van der Waals surface area contributed by atoms with E-state index in [0.29, 0.717) is 27.0 Å². The normalized spacial score (nSPS) is 10.7. The predicted molar refractivity (Wildman–Crippen MR) is 79.3 cm³/mol. The first-order chi connectivity index (χ1) is 9.68. The Bertz CT molecular complexity index is 755.